The van der Waals surface area contributed by atoms with Crippen LogP contribution in [0, 0.1) is 0 Å². The second-order valence-corrected chi connectivity index (χ2v) is 4.46. The van der Waals surface area contributed by atoms with Crippen LogP contribution in [0.25, 0.3) is 0 Å². The van der Waals surface area contributed by atoms with E-state index in [4.69, 9.17) is 10.5 Å². The fourth-order valence-electron chi connectivity index (χ4n) is 1.93. The number of hydrogen-bond acceptors (Lipinski definition) is 6. The van der Waals surface area contributed by atoms with Gasteiger partial charge in [-0.25, -0.2) is 4.98 Å². The fourth-order valence-corrected chi connectivity index (χ4v) is 1.93. The highest BCUT2D eigenvalue weighted by atomic mass is 16.5. The van der Waals surface area contributed by atoms with E-state index in [2.05, 4.69) is 20.7 Å². The standard InChI is InChI=1S/C12H14N6O2/c1-18-6-15-11(17-18)4-14-8-3-9-10(2-7(8)13)20-5-12(19)16-9/h2-3,6,14H,4-5,13H2,1H3,(H,16,19). The molecule has 1 amide bonds. The van der Waals surface area contributed by atoms with Crippen molar-refractivity contribution in [1.29, 1.82) is 0 Å². The number of ether oxygens (including phenoxy) is 1. The molecule has 2 heterocycles. The highest BCUT2D eigenvalue weighted by Gasteiger charge is 2.17. The van der Waals surface area contributed by atoms with Crippen LogP contribution in [-0.2, 0) is 18.4 Å². The molecule has 4 N–H and O–H groups in total. The Balaban J connectivity index is 1.79. The zero-order chi connectivity index (χ0) is 14.1. The Morgan fingerprint density at radius 2 is 2.40 bits per heavy atom. The summed E-state index contributed by atoms with van der Waals surface area (Å²) >= 11 is 0. The van der Waals surface area contributed by atoms with Gasteiger partial charge in [-0.3, -0.25) is 9.48 Å². The number of carbonyl (C=O) groups excluding carboxylic acids is 1. The summed E-state index contributed by atoms with van der Waals surface area (Å²) in [6.45, 7) is 0.454. The van der Waals surface area contributed by atoms with Crippen molar-refractivity contribution in [2.45, 2.75) is 6.54 Å². The van der Waals surface area contributed by atoms with Crippen molar-refractivity contribution in [3.63, 3.8) is 0 Å². The molecule has 3 rings (SSSR count). The molecule has 0 unspecified atom stereocenters. The van der Waals surface area contributed by atoms with Crippen molar-refractivity contribution in [2.24, 2.45) is 7.05 Å². The Kier molecular flexibility index (Phi) is 2.90. The third kappa shape index (κ3) is 2.35. The summed E-state index contributed by atoms with van der Waals surface area (Å²) in [5, 5.41) is 10.0. The summed E-state index contributed by atoms with van der Waals surface area (Å²) in [7, 11) is 1.80. The lowest BCUT2D eigenvalue weighted by Crippen LogP contribution is -2.25. The maximum atomic E-state index is 11.3. The first-order chi connectivity index (χ1) is 9.61. The molecular formula is C12H14N6O2. The van der Waals surface area contributed by atoms with E-state index in [1.54, 1.807) is 30.2 Å². The van der Waals surface area contributed by atoms with E-state index in [1.165, 1.54) is 0 Å². The lowest BCUT2D eigenvalue weighted by molar-refractivity contribution is -0.118. The van der Waals surface area contributed by atoms with Gasteiger partial charge in [0.1, 0.15) is 12.1 Å². The maximum Gasteiger partial charge on any atom is 0.262 e. The Labute approximate surface area is 114 Å². The molecule has 0 bridgehead atoms. The minimum atomic E-state index is -0.181. The predicted octanol–water partition coefficient (Wildman–Crippen LogP) is 0.340. The van der Waals surface area contributed by atoms with Gasteiger partial charge in [-0.1, -0.05) is 0 Å². The van der Waals surface area contributed by atoms with Gasteiger partial charge in [0.2, 0.25) is 0 Å². The van der Waals surface area contributed by atoms with Gasteiger partial charge in [0.25, 0.3) is 5.91 Å². The number of carbonyl (C=O) groups is 1. The number of nitrogens with one attached hydrogen (secondary N) is 2. The molecular weight excluding hydrogens is 260 g/mol. The predicted molar refractivity (Wildman–Crippen MR) is 73.3 cm³/mol. The molecule has 1 aliphatic heterocycles. The molecule has 0 spiro atoms. The van der Waals surface area contributed by atoms with Gasteiger partial charge in [-0.05, 0) is 6.07 Å². The smallest absolute Gasteiger partial charge is 0.262 e. The summed E-state index contributed by atoms with van der Waals surface area (Å²) < 4.78 is 6.92. The zero-order valence-corrected chi connectivity index (χ0v) is 10.9. The number of hydrogen-bond donors (Lipinski definition) is 3. The average molecular weight is 274 g/mol. The van der Waals surface area contributed by atoms with Gasteiger partial charge < -0.3 is 21.1 Å². The highest BCUT2D eigenvalue weighted by Crippen LogP contribution is 2.35. The third-order valence-electron chi connectivity index (χ3n) is 2.87. The lowest BCUT2D eigenvalue weighted by atomic mass is 10.2. The first-order valence-corrected chi connectivity index (χ1v) is 6.06. The summed E-state index contributed by atoms with van der Waals surface area (Å²) in [4.78, 5) is 15.4. The van der Waals surface area contributed by atoms with Crippen molar-refractivity contribution in [3.8, 4) is 5.75 Å². The number of benzene rings is 1. The summed E-state index contributed by atoms with van der Waals surface area (Å²) in [5.74, 6) is 1.05. The van der Waals surface area contributed by atoms with Crippen LogP contribution in [0.2, 0.25) is 0 Å². The first-order valence-electron chi connectivity index (χ1n) is 6.06. The SMILES string of the molecule is Cn1cnc(CNc2cc3c(cc2N)OCC(=O)N3)n1. The van der Waals surface area contributed by atoms with Gasteiger partial charge in [0.15, 0.2) is 12.4 Å². The van der Waals surface area contributed by atoms with Crippen LogP contribution < -0.4 is 21.1 Å². The third-order valence-corrected chi connectivity index (χ3v) is 2.87. The molecule has 2 aromatic rings. The Hall–Kier alpha value is -2.77. The second-order valence-electron chi connectivity index (χ2n) is 4.46. The monoisotopic (exact) mass is 274 g/mol. The van der Waals surface area contributed by atoms with Crippen molar-refractivity contribution >= 4 is 23.0 Å². The number of amides is 1. The van der Waals surface area contributed by atoms with E-state index in [9.17, 15) is 4.79 Å². The topological polar surface area (TPSA) is 107 Å². The number of rotatable bonds is 3. The van der Waals surface area contributed by atoms with Gasteiger partial charge in [-0.2, -0.15) is 5.10 Å². The largest absolute Gasteiger partial charge is 0.482 e. The number of anilines is 3. The van der Waals surface area contributed by atoms with Crippen molar-refractivity contribution in [1.82, 2.24) is 14.8 Å². The van der Waals surface area contributed by atoms with Crippen LogP contribution in [0.4, 0.5) is 17.1 Å². The Morgan fingerprint density at radius 3 is 3.15 bits per heavy atom. The van der Waals surface area contributed by atoms with Gasteiger partial charge in [0.05, 0.1) is 23.6 Å². The van der Waals surface area contributed by atoms with Crippen LogP contribution in [0.5, 0.6) is 5.75 Å². The summed E-state index contributed by atoms with van der Waals surface area (Å²) in [6, 6.07) is 3.42. The van der Waals surface area contributed by atoms with Crippen molar-refractivity contribution in [3.05, 3.63) is 24.3 Å². The minimum Gasteiger partial charge on any atom is -0.482 e. The summed E-state index contributed by atoms with van der Waals surface area (Å²) in [6.07, 6.45) is 1.63. The van der Waals surface area contributed by atoms with E-state index in [-0.39, 0.29) is 12.5 Å². The van der Waals surface area contributed by atoms with Crippen LogP contribution in [0.3, 0.4) is 0 Å². The number of aryl methyl sites for hydroxylation is 1. The van der Waals surface area contributed by atoms with E-state index in [1.807, 2.05) is 0 Å². The number of nitrogen functional groups attached to an aromatic ring is 1. The molecule has 104 valence electrons. The first kappa shape index (κ1) is 12.3. The normalized spacial score (nSPS) is 13.3. The molecule has 8 heteroatoms. The van der Waals surface area contributed by atoms with E-state index >= 15 is 0 Å². The van der Waals surface area contributed by atoms with Crippen molar-refractivity contribution in [2.75, 3.05) is 23.0 Å². The quantitative estimate of drug-likeness (QED) is 0.697. The summed E-state index contributed by atoms with van der Waals surface area (Å²) in [5.41, 5.74) is 7.79. The maximum absolute atomic E-state index is 11.3. The number of nitrogens with zero attached hydrogens (tertiary/aromatic N) is 3. The highest BCUT2D eigenvalue weighted by molar-refractivity contribution is 5.97. The molecule has 0 radical (unpaired) electrons. The molecule has 0 fully saturated rings. The molecule has 1 aromatic carbocycles. The van der Waals surface area contributed by atoms with Crippen molar-refractivity contribution < 1.29 is 9.53 Å². The van der Waals surface area contributed by atoms with E-state index in [0.29, 0.717) is 35.2 Å². The number of fused-ring (bicyclic) bond motifs is 1. The fraction of sp³-hybridized carbons (Fsp3) is 0.250. The molecule has 0 atom stereocenters. The van der Waals surface area contributed by atoms with E-state index < -0.39 is 0 Å². The molecule has 0 saturated heterocycles. The van der Waals surface area contributed by atoms with Crippen LogP contribution in [0.1, 0.15) is 5.82 Å². The van der Waals surface area contributed by atoms with Gasteiger partial charge in [0, 0.05) is 13.1 Å². The van der Waals surface area contributed by atoms with Crippen LogP contribution in [0.15, 0.2) is 18.5 Å². The lowest BCUT2D eigenvalue weighted by Gasteiger charge is -2.20. The molecule has 0 aliphatic carbocycles. The molecule has 1 aliphatic rings. The molecule has 0 saturated carbocycles. The number of nitrogens with two attached hydrogens (primary N) is 1. The van der Waals surface area contributed by atoms with Crippen LogP contribution >= 0.6 is 0 Å². The Bertz CT molecular complexity index is 666. The molecule has 8 nitrogen and oxygen atoms in total. The van der Waals surface area contributed by atoms with Crippen LogP contribution in [-0.4, -0.2) is 27.3 Å². The van der Waals surface area contributed by atoms with Gasteiger partial charge in [-0.15, -0.1) is 0 Å². The number of aromatic nitrogens is 3. The second kappa shape index (κ2) is 4.72. The molecule has 20 heavy (non-hydrogen) atoms. The zero-order valence-electron chi connectivity index (χ0n) is 10.9. The molecule has 1 aromatic heterocycles. The van der Waals surface area contributed by atoms with Gasteiger partial charge >= 0.3 is 0 Å². The average Bonchev–Trinajstić information content (AvgIpc) is 2.83. The Morgan fingerprint density at radius 1 is 1.55 bits per heavy atom. The van der Waals surface area contributed by atoms with E-state index in [0.717, 1.165) is 0 Å². The minimum absolute atomic E-state index is 0.0110.